The zero-order valence-electron chi connectivity index (χ0n) is 13.5. The summed E-state index contributed by atoms with van der Waals surface area (Å²) in [5.74, 6) is -1.46. The quantitative estimate of drug-likeness (QED) is 0.251. The molecule has 2 amide bonds. The number of hydrogen-bond acceptors (Lipinski definition) is 8. The van der Waals surface area contributed by atoms with Crippen molar-refractivity contribution in [2.75, 3.05) is 25.5 Å². The Kier molecular flexibility index (Phi) is 15.2. The molecule has 0 bridgehead atoms. The molecule has 0 aromatic rings. The molecule has 0 heterocycles. The third-order valence-corrected chi connectivity index (χ3v) is 4.88. The number of rotatable bonds is 10. The molecule has 4 N–H and O–H groups in total. The second-order valence-electron chi connectivity index (χ2n) is 4.47. The van der Waals surface area contributed by atoms with Gasteiger partial charge in [0.05, 0.1) is 13.2 Å². The van der Waals surface area contributed by atoms with Crippen LogP contribution in [-0.2, 0) is 23.6 Å². The number of ether oxygens (including phenoxy) is 2. The summed E-state index contributed by atoms with van der Waals surface area (Å²) < 4.78 is 20.3. The van der Waals surface area contributed by atoms with E-state index in [2.05, 4.69) is 0 Å². The SMILES string of the molecule is CCOC(=O)C(N)CCC(=O)N(CCSP(=O)(O)O)C(=O)OCC.[NaH]. The van der Waals surface area contributed by atoms with Crippen molar-refractivity contribution in [3.63, 3.8) is 0 Å². The summed E-state index contributed by atoms with van der Waals surface area (Å²) in [6, 6.07) is -0.998. The van der Waals surface area contributed by atoms with Crippen molar-refractivity contribution < 1.29 is 38.2 Å². The molecule has 1 atom stereocenters. The van der Waals surface area contributed by atoms with Crippen molar-refractivity contribution in [2.45, 2.75) is 32.7 Å². The van der Waals surface area contributed by atoms with Gasteiger partial charge in [0.2, 0.25) is 5.91 Å². The average Bonchev–Trinajstić information content (AvgIpc) is 2.48. The molecule has 0 aromatic heterocycles. The average molecular weight is 410 g/mol. The van der Waals surface area contributed by atoms with Crippen molar-refractivity contribution in [1.29, 1.82) is 0 Å². The topological polar surface area (TPSA) is 156 Å². The van der Waals surface area contributed by atoms with Gasteiger partial charge in [-0.15, -0.1) is 0 Å². The van der Waals surface area contributed by atoms with Crippen LogP contribution in [0.5, 0.6) is 0 Å². The Morgan fingerprint density at radius 3 is 2.24 bits per heavy atom. The maximum absolute atomic E-state index is 12.1. The fourth-order valence-electron chi connectivity index (χ4n) is 1.55. The summed E-state index contributed by atoms with van der Waals surface area (Å²) in [5, 5.41) is 0. The van der Waals surface area contributed by atoms with E-state index in [0.29, 0.717) is 11.4 Å². The first-order valence-corrected chi connectivity index (χ1v) is 10.4. The molecular formula is C12H24N2NaO8PS. The minimum absolute atomic E-state index is 0. The Hall–Kier alpha value is -0.130. The minimum atomic E-state index is -4.30. The van der Waals surface area contributed by atoms with E-state index in [1.807, 2.05) is 0 Å². The monoisotopic (exact) mass is 410 g/mol. The molecular weight excluding hydrogens is 386 g/mol. The molecule has 0 rings (SSSR count). The van der Waals surface area contributed by atoms with Gasteiger partial charge in [-0.1, -0.05) is 0 Å². The first-order chi connectivity index (χ1) is 11.1. The fraction of sp³-hybridized carbons (Fsp3) is 0.750. The van der Waals surface area contributed by atoms with E-state index < -0.39 is 30.8 Å². The van der Waals surface area contributed by atoms with Gasteiger partial charge in [0.1, 0.15) is 6.04 Å². The number of amides is 2. The van der Waals surface area contributed by atoms with E-state index >= 15 is 0 Å². The van der Waals surface area contributed by atoms with Crippen molar-refractivity contribution in [3.8, 4) is 0 Å². The predicted molar refractivity (Wildman–Crippen MR) is 94.2 cm³/mol. The fourth-order valence-corrected chi connectivity index (χ4v) is 3.01. The van der Waals surface area contributed by atoms with Crippen LogP contribution in [0.15, 0.2) is 0 Å². The van der Waals surface area contributed by atoms with E-state index in [0.717, 1.165) is 4.90 Å². The van der Waals surface area contributed by atoms with E-state index in [1.165, 1.54) is 0 Å². The van der Waals surface area contributed by atoms with Crippen LogP contribution in [-0.4, -0.2) is 93.8 Å². The molecule has 0 spiro atoms. The zero-order valence-corrected chi connectivity index (χ0v) is 15.3. The van der Waals surface area contributed by atoms with Crippen LogP contribution in [0.3, 0.4) is 0 Å². The Bertz CT molecular complexity index is 490. The second-order valence-corrected chi connectivity index (χ2v) is 8.31. The summed E-state index contributed by atoms with van der Waals surface area (Å²) in [5.41, 5.74) is 5.58. The van der Waals surface area contributed by atoms with Gasteiger partial charge in [0, 0.05) is 18.7 Å². The van der Waals surface area contributed by atoms with Crippen LogP contribution in [0.2, 0.25) is 0 Å². The molecule has 0 aliphatic carbocycles. The summed E-state index contributed by atoms with van der Waals surface area (Å²) in [6.45, 7) is -1.16. The number of hydrogen-bond donors (Lipinski definition) is 3. The molecule has 0 aromatic carbocycles. The predicted octanol–water partition coefficient (Wildman–Crippen LogP) is -0.180. The van der Waals surface area contributed by atoms with E-state index in [9.17, 15) is 18.9 Å². The standard InChI is InChI=1S/C12H23N2O8PS.Na.H/c1-3-21-11(16)9(13)5-6-10(15)14(12(17)22-4-2)7-8-24-23(18,19)20;;/h9H,3-8,13H2,1-2H3,(H2,18,19,20);;. The Morgan fingerprint density at radius 2 is 1.76 bits per heavy atom. The molecule has 0 fully saturated rings. The second kappa shape index (κ2) is 14.0. The van der Waals surface area contributed by atoms with Gasteiger partial charge in [-0.25, -0.2) is 14.3 Å². The van der Waals surface area contributed by atoms with Crippen molar-refractivity contribution in [2.24, 2.45) is 5.73 Å². The molecule has 142 valence electrons. The Balaban J connectivity index is 0. The maximum atomic E-state index is 12.1. The number of nitrogens with zero attached hydrogens (tertiary/aromatic N) is 1. The van der Waals surface area contributed by atoms with Gasteiger partial charge in [0.15, 0.2) is 0 Å². The van der Waals surface area contributed by atoms with Crippen molar-refractivity contribution >= 4 is 65.7 Å². The third kappa shape index (κ3) is 12.8. The Labute approximate surface area is 172 Å². The van der Waals surface area contributed by atoms with Gasteiger partial charge in [0.25, 0.3) is 0 Å². The molecule has 0 saturated carbocycles. The molecule has 1 unspecified atom stereocenters. The summed E-state index contributed by atoms with van der Waals surface area (Å²) in [7, 11) is 0. The zero-order chi connectivity index (χ0) is 18.8. The van der Waals surface area contributed by atoms with Gasteiger partial charge in [-0.3, -0.25) is 9.59 Å². The number of carbonyl (C=O) groups is 3. The summed E-state index contributed by atoms with van der Waals surface area (Å²) in [6.07, 6.45) is -1.16. The van der Waals surface area contributed by atoms with Crippen LogP contribution >= 0.6 is 18.2 Å². The first kappa shape index (κ1) is 27.1. The third-order valence-electron chi connectivity index (χ3n) is 2.62. The number of carbonyl (C=O) groups excluding carboxylic acids is 3. The van der Waals surface area contributed by atoms with E-state index in [-0.39, 0.29) is 67.9 Å². The summed E-state index contributed by atoms with van der Waals surface area (Å²) in [4.78, 5) is 53.6. The van der Waals surface area contributed by atoms with E-state index in [1.54, 1.807) is 13.8 Å². The van der Waals surface area contributed by atoms with Crippen molar-refractivity contribution in [1.82, 2.24) is 4.90 Å². The normalized spacial score (nSPS) is 11.9. The van der Waals surface area contributed by atoms with Gasteiger partial charge >= 0.3 is 48.4 Å². The molecule has 0 radical (unpaired) electrons. The van der Waals surface area contributed by atoms with Gasteiger partial charge in [-0.2, -0.15) is 0 Å². The molecule has 25 heavy (non-hydrogen) atoms. The molecule has 0 saturated heterocycles. The number of imide groups is 1. The first-order valence-electron chi connectivity index (χ1n) is 7.21. The molecule has 0 aliphatic rings. The van der Waals surface area contributed by atoms with Crippen LogP contribution in [0.1, 0.15) is 26.7 Å². The van der Waals surface area contributed by atoms with Gasteiger partial charge < -0.3 is 25.0 Å². The van der Waals surface area contributed by atoms with Crippen LogP contribution < -0.4 is 5.73 Å². The van der Waals surface area contributed by atoms with Crippen molar-refractivity contribution in [3.05, 3.63) is 0 Å². The number of esters is 1. The summed E-state index contributed by atoms with van der Waals surface area (Å²) >= 11 is 0.317. The van der Waals surface area contributed by atoms with Crippen LogP contribution in [0.4, 0.5) is 4.79 Å². The molecule has 0 aliphatic heterocycles. The molecule has 10 nitrogen and oxygen atoms in total. The molecule has 13 heteroatoms. The van der Waals surface area contributed by atoms with Gasteiger partial charge in [-0.05, 0) is 31.7 Å². The number of nitrogens with two attached hydrogens (primary N) is 1. The van der Waals surface area contributed by atoms with Crippen LogP contribution in [0.25, 0.3) is 0 Å². The Morgan fingerprint density at radius 1 is 1.20 bits per heavy atom. The van der Waals surface area contributed by atoms with E-state index in [4.69, 9.17) is 25.0 Å². The van der Waals surface area contributed by atoms with Crippen LogP contribution in [0, 0.1) is 0 Å².